The first-order chi connectivity index (χ1) is 10.6. The Labute approximate surface area is 139 Å². The minimum absolute atomic E-state index is 0.00625. The number of hydrogen-bond donors (Lipinski definition) is 1. The zero-order valence-electron chi connectivity index (χ0n) is 13.2. The molecule has 0 heterocycles. The molecule has 0 unspecified atom stereocenters. The van der Waals surface area contributed by atoms with E-state index in [4.69, 9.17) is 11.6 Å². The van der Waals surface area contributed by atoms with Crippen molar-refractivity contribution in [2.24, 2.45) is 0 Å². The average molecular weight is 341 g/mol. The molecule has 0 aliphatic heterocycles. The molecule has 2 aromatic carbocycles. The van der Waals surface area contributed by atoms with Crippen LogP contribution >= 0.6 is 11.6 Å². The summed E-state index contributed by atoms with van der Waals surface area (Å²) in [6.07, 6.45) is -4.47. The second-order valence-corrected chi connectivity index (χ2v) is 6.80. The molecule has 0 saturated heterocycles. The van der Waals surface area contributed by atoms with Crippen LogP contribution in [0, 0.1) is 6.07 Å². The summed E-state index contributed by atoms with van der Waals surface area (Å²) in [4.78, 5) is 0. The van der Waals surface area contributed by atoms with Crippen molar-refractivity contribution in [1.29, 1.82) is 0 Å². The van der Waals surface area contributed by atoms with Gasteiger partial charge < -0.3 is 5.32 Å². The molecule has 23 heavy (non-hydrogen) atoms. The SMILES string of the molecule is CC(C)(C)NCc1ccc(-c2c(Cl)c[c]cc2C(F)(F)F)cc1. The van der Waals surface area contributed by atoms with E-state index in [0.29, 0.717) is 12.1 Å². The van der Waals surface area contributed by atoms with Crippen molar-refractivity contribution in [3.63, 3.8) is 0 Å². The topological polar surface area (TPSA) is 12.0 Å². The van der Waals surface area contributed by atoms with Crippen LogP contribution in [-0.4, -0.2) is 5.54 Å². The fourth-order valence-corrected chi connectivity index (χ4v) is 2.42. The summed E-state index contributed by atoms with van der Waals surface area (Å²) in [5.41, 5.74) is 0.631. The van der Waals surface area contributed by atoms with Gasteiger partial charge in [-0.1, -0.05) is 35.9 Å². The van der Waals surface area contributed by atoms with Gasteiger partial charge >= 0.3 is 6.18 Å². The van der Waals surface area contributed by atoms with Crippen LogP contribution in [0.2, 0.25) is 5.02 Å². The number of alkyl halides is 3. The molecule has 1 nitrogen and oxygen atoms in total. The third kappa shape index (κ3) is 4.72. The molecule has 0 saturated carbocycles. The Morgan fingerprint density at radius 2 is 1.65 bits per heavy atom. The van der Waals surface area contributed by atoms with E-state index in [1.54, 1.807) is 24.3 Å². The van der Waals surface area contributed by atoms with Crippen LogP contribution in [0.5, 0.6) is 0 Å². The first kappa shape index (κ1) is 17.8. The molecule has 0 spiro atoms. The molecular formula is C18H18ClF3N. The summed E-state index contributed by atoms with van der Waals surface area (Å²) in [7, 11) is 0. The molecule has 1 radical (unpaired) electrons. The molecule has 0 fully saturated rings. The smallest absolute Gasteiger partial charge is 0.308 e. The maximum Gasteiger partial charge on any atom is 0.417 e. The Bertz CT molecular complexity index is 670. The third-order valence-corrected chi connectivity index (χ3v) is 3.61. The first-order valence-corrected chi connectivity index (χ1v) is 7.57. The Balaban J connectivity index is 2.34. The van der Waals surface area contributed by atoms with Gasteiger partial charge in [0.1, 0.15) is 0 Å². The quantitative estimate of drug-likeness (QED) is 0.754. The Morgan fingerprint density at radius 1 is 1.04 bits per heavy atom. The zero-order chi connectivity index (χ0) is 17.3. The molecule has 0 aliphatic rings. The Hall–Kier alpha value is -1.52. The van der Waals surface area contributed by atoms with Crippen molar-refractivity contribution in [3.8, 4) is 11.1 Å². The molecule has 2 rings (SSSR count). The molecule has 0 bridgehead atoms. The molecular weight excluding hydrogens is 323 g/mol. The first-order valence-electron chi connectivity index (χ1n) is 7.19. The maximum absolute atomic E-state index is 13.2. The summed E-state index contributed by atoms with van der Waals surface area (Å²) in [6, 6.07) is 11.6. The molecule has 123 valence electrons. The van der Waals surface area contributed by atoms with Crippen LogP contribution in [0.1, 0.15) is 31.9 Å². The van der Waals surface area contributed by atoms with Gasteiger partial charge in [-0.15, -0.1) is 0 Å². The normalized spacial score (nSPS) is 12.5. The molecule has 0 aliphatic carbocycles. The molecule has 0 aromatic heterocycles. The van der Waals surface area contributed by atoms with E-state index in [0.717, 1.165) is 11.6 Å². The summed E-state index contributed by atoms with van der Waals surface area (Å²) in [6.45, 7) is 6.80. The lowest BCUT2D eigenvalue weighted by atomic mass is 9.98. The molecule has 5 heteroatoms. The van der Waals surface area contributed by atoms with Gasteiger partial charge in [0.2, 0.25) is 0 Å². The highest BCUT2D eigenvalue weighted by Gasteiger charge is 2.34. The lowest BCUT2D eigenvalue weighted by Gasteiger charge is -2.20. The van der Waals surface area contributed by atoms with Gasteiger partial charge in [0.25, 0.3) is 0 Å². The van der Waals surface area contributed by atoms with E-state index in [1.807, 2.05) is 0 Å². The van der Waals surface area contributed by atoms with Gasteiger partial charge in [0, 0.05) is 22.7 Å². The molecule has 2 aromatic rings. The van der Waals surface area contributed by atoms with Crippen LogP contribution in [0.3, 0.4) is 0 Å². The van der Waals surface area contributed by atoms with Crippen LogP contribution in [0.25, 0.3) is 11.1 Å². The molecule has 0 amide bonds. The van der Waals surface area contributed by atoms with Crippen LogP contribution in [0.4, 0.5) is 13.2 Å². The summed E-state index contributed by atoms with van der Waals surface area (Å²) >= 11 is 5.99. The van der Waals surface area contributed by atoms with Gasteiger partial charge in [0.15, 0.2) is 0 Å². The Morgan fingerprint density at radius 3 is 2.17 bits per heavy atom. The van der Waals surface area contributed by atoms with E-state index in [9.17, 15) is 13.2 Å². The predicted octanol–water partition coefficient (Wildman–Crippen LogP) is 5.71. The van der Waals surface area contributed by atoms with Crippen LogP contribution in [-0.2, 0) is 12.7 Å². The minimum atomic E-state index is -4.47. The number of halogens is 4. The van der Waals surface area contributed by atoms with Crippen molar-refractivity contribution in [2.45, 2.75) is 39.0 Å². The van der Waals surface area contributed by atoms with Crippen molar-refractivity contribution in [2.75, 3.05) is 0 Å². The van der Waals surface area contributed by atoms with Crippen molar-refractivity contribution < 1.29 is 13.2 Å². The van der Waals surface area contributed by atoms with Crippen molar-refractivity contribution >= 4 is 11.6 Å². The number of rotatable bonds is 3. The van der Waals surface area contributed by atoms with Gasteiger partial charge in [0.05, 0.1) is 5.56 Å². The predicted molar refractivity (Wildman–Crippen MR) is 87.3 cm³/mol. The van der Waals surface area contributed by atoms with Crippen LogP contribution < -0.4 is 5.32 Å². The number of nitrogens with one attached hydrogen (secondary N) is 1. The summed E-state index contributed by atoms with van der Waals surface area (Å²) in [5.74, 6) is 0. The fraction of sp³-hybridized carbons (Fsp3) is 0.333. The average Bonchev–Trinajstić information content (AvgIpc) is 2.44. The number of benzene rings is 2. The largest absolute Gasteiger partial charge is 0.417 e. The maximum atomic E-state index is 13.2. The van der Waals surface area contributed by atoms with Gasteiger partial charge in [-0.05, 0) is 50.1 Å². The van der Waals surface area contributed by atoms with E-state index in [1.165, 1.54) is 6.07 Å². The third-order valence-electron chi connectivity index (χ3n) is 3.32. The van der Waals surface area contributed by atoms with Crippen molar-refractivity contribution in [1.82, 2.24) is 5.32 Å². The van der Waals surface area contributed by atoms with Crippen LogP contribution in [0.15, 0.2) is 36.4 Å². The second-order valence-electron chi connectivity index (χ2n) is 6.39. The molecule has 1 N–H and O–H groups in total. The fourth-order valence-electron chi connectivity index (χ4n) is 2.14. The van der Waals surface area contributed by atoms with E-state index >= 15 is 0 Å². The van der Waals surface area contributed by atoms with Crippen molar-refractivity contribution in [3.05, 3.63) is 58.6 Å². The summed E-state index contributed by atoms with van der Waals surface area (Å²) < 4.78 is 39.5. The lowest BCUT2D eigenvalue weighted by molar-refractivity contribution is -0.137. The van der Waals surface area contributed by atoms with Gasteiger partial charge in [-0.3, -0.25) is 0 Å². The zero-order valence-corrected chi connectivity index (χ0v) is 13.9. The Kier molecular flexibility index (Phi) is 5.07. The van der Waals surface area contributed by atoms with Gasteiger partial charge in [-0.25, -0.2) is 0 Å². The highest BCUT2D eigenvalue weighted by atomic mass is 35.5. The highest BCUT2D eigenvalue weighted by molar-refractivity contribution is 6.33. The molecule has 0 atom stereocenters. The second kappa shape index (κ2) is 6.54. The van der Waals surface area contributed by atoms with E-state index in [-0.39, 0.29) is 16.1 Å². The van der Waals surface area contributed by atoms with E-state index in [2.05, 4.69) is 32.2 Å². The number of hydrogen-bond acceptors (Lipinski definition) is 1. The highest BCUT2D eigenvalue weighted by Crippen LogP contribution is 2.40. The standard InChI is InChI=1S/C18H18ClF3N/c1-17(2,3)23-11-12-7-9-13(10-8-12)16-14(18(20,21)22)5-4-6-15(16)19/h5-10,23H,11H2,1-3H3. The van der Waals surface area contributed by atoms with Gasteiger partial charge in [-0.2, -0.15) is 13.2 Å². The summed E-state index contributed by atoms with van der Waals surface area (Å²) in [5, 5.41) is 3.38. The minimum Gasteiger partial charge on any atom is -0.308 e. The monoisotopic (exact) mass is 340 g/mol. The van der Waals surface area contributed by atoms with E-state index < -0.39 is 11.7 Å². The lowest BCUT2D eigenvalue weighted by Crippen LogP contribution is -2.35.